The lowest BCUT2D eigenvalue weighted by Crippen LogP contribution is -2.38. The summed E-state index contributed by atoms with van der Waals surface area (Å²) in [5, 5.41) is 11.9. The third kappa shape index (κ3) is 5.46. The molecule has 1 aliphatic carbocycles. The number of methoxy groups -OCH3 is 1. The first-order chi connectivity index (χ1) is 12.0. The van der Waals surface area contributed by atoms with Gasteiger partial charge < -0.3 is 19.9 Å². The van der Waals surface area contributed by atoms with Crippen LogP contribution in [0.3, 0.4) is 0 Å². The summed E-state index contributed by atoms with van der Waals surface area (Å²) in [7, 11) is 1.51. The number of nitrogens with one attached hydrogen (secondary N) is 1. The molecule has 1 aromatic carbocycles. The van der Waals surface area contributed by atoms with Crippen LogP contribution in [0.5, 0.6) is 5.75 Å². The molecule has 0 bridgehead atoms. The minimum absolute atomic E-state index is 0.0875. The summed E-state index contributed by atoms with van der Waals surface area (Å²) in [4.78, 5) is 23.3. The van der Waals surface area contributed by atoms with Gasteiger partial charge >= 0.3 is 5.97 Å². The molecule has 1 unspecified atom stereocenters. The Morgan fingerprint density at radius 3 is 2.64 bits per heavy atom. The minimum Gasteiger partial charge on any atom is -0.496 e. The van der Waals surface area contributed by atoms with Gasteiger partial charge in [0.25, 0.3) is 0 Å². The number of ether oxygens (including phenoxy) is 2. The maximum atomic E-state index is 12.3. The van der Waals surface area contributed by atoms with Gasteiger partial charge in [0.2, 0.25) is 5.91 Å². The largest absolute Gasteiger partial charge is 0.496 e. The van der Waals surface area contributed by atoms with Crippen molar-refractivity contribution in [2.45, 2.75) is 57.7 Å². The van der Waals surface area contributed by atoms with Gasteiger partial charge in [0, 0.05) is 6.54 Å². The van der Waals surface area contributed by atoms with Crippen LogP contribution in [0.2, 0.25) is 0 Å². The molecule has 1 fully saturated rings. The van der Waals surface area contributed by atoms with Gasteiger partial charge in [-0.3, -0.25) is 4.79 Å². The number of carboxylic acids is 1. The van der Waals surface area contributed by atoms with Crippen molar-refractivity contribution in [2.24, 2.45) is 0 Å². The molecule has 0 saturated heterocycles. The van der Waals surface area contributed by atoms with Crippen molar-refractivity contribution in [2.75, 3.05) is 13.7 Å². The number of carbonyl (C=O) groups is 2. The van der Waals surface area contributed by atoms with Gasteiger partial charge in [-0.25, -0.2) is 4.79 Å². The summed E-state index contributed by atoms with van der Waals surface area (Å²) < 4.78 is 11.2. The van der Waals surface area contributed by atoms with Crippen LogP contribution in [0.15, 0.2) is 18.2 Å². The minimum atomic E-state index is -0.993. The number of hydrogen-bond acceptors (Lipinski definition) is 4. The molecule has 1 aromatic rings. The normalized spacial score (nSPS) is 15.8. The molecule has 0 heterocycles. The van der Waals surface area contributed by atoms with E-state index in [4.69, 9.17) is 14.6 Å². The highest BCUT2D eigenvalue weighted by atomic mass is 16.5. The van der Waals surface area contributed by atoms with E-state index in [9.17, 15) is 9.59 Å². The van der Waals surface area contributed by atoms with E-state index in [0.29, 0.717) is 25.1 Å². The number of rotatable bonds is 9. The van der Waals surface area contributed by atoms with E-state index >= 15 is 0 Å². The first kappa shape index (κ1) is 19.2. The average molecular weight is 349 g/mol. The van der Waals surface area contributed by atoms with Gasteiger partial charge in [-0.05, 0) is 43.4 Å². The summed E-state index contributed by atoms with van der Waals surface area (Å²) in [6.07, 6.45) is 5.45. The van der Waals surface area contributed by atoms with Crippen molar-refractivity contribution in [3.05, 3.63) is 29.3 Å². The Bertz CT molecular complexity index is 595. The predicted octanol–water partition coefficient (Wildman–Crippen LogP) is 2.79. The Morgan fingerprint density at radius 1 is 1.32 bits per heavy atom. The van der Waals surface area contributed by atoms with Crippen LogP contribution in [0.4, 0.5) is 0 Å². The molecule has 25 heavy (non-hydrogen) atoms. The van der Waals surface area contributed by atoms with Crippen LogP contribution in [0.25, 0.3) is 0 Å². The number of benzene rings is 1. The van der Waals surface area contributed by atoms with Crippen molar-refractivity contribution in [1.82, 2.24) is 5.32 Å². The average Bonchev–Trinajstić information content (AvgIpc) is 3.12. The molecule has 2 N–H and O–H groups in total. The lowest BCUT2D eigenvalue weighted by molar-refractivity contribution is -0.136. The second-order valence-electron chi connectivity index (χ2n) is 6.31. The molecule has 1 atom stereocenters. The smallest absolute Gasteiger partial charge is 0.335 e. The summed E-state index contributed by atoms with van der Waals surface area (Å²) in [5.41, 5.74) is 1.04. The van der Waals surface area contributed by atoms with Gasteiger partial charge in [0.1, 0.15) is 11.9 Å². The molecule has 0 aromatic heterocycles. The van der Waals surface area contributed by atoms with Gasteiger partial charge in [-0.2, -0.15) is 0 Å². The highest BCUT2D eigenvalue weighted by Gasteiger charge is 2.24. The first-order valence-electron chi connectivity index (χ1n) is 8.88. The molecule has 2 rings (SSSR count). The molecular weight excluding hydrogens is 322 g/mol. The lowest BCUT2D eigenvalue weighted by Gasteiger charge is -2.20. The van der Waals surface area contributed by atoms with E-state index in [0.717, 1.165) is 18.4 Å². The molecule has 6 nitrogen and oxygen atoms in total. The zero-order chi connectivity index (χ0) is 18.2. The number of amides is 1. The zero-order valence-corrected chi connectivity index (χ0v) is 14.9. The highest BCUT2D eigenvalue weighted by molar-refractivity contribution is 5.88. The lowest BCUT2D eigenvalue weighted by atomic mass is 10.1. The van der Waals surface area contributed by atoms with E-state index in [-0.39, 0.29) is 17.6 Å². The standard InChI is InChI=1S/C19H27NO5/c1-3-16(25-15-6-4-5-7-15)18(21)20-11-10-13-8-9-14(19(22)23)12-17(13)24-2/h8-9,12,15-16H,3-7,10-11H2,1-2H3,(H,20,21)(H,22,23). The van der Waals surface area contributed by atoms with E-state index in [2.05, 4.69) is 5.32 Å². The Morgan fingerprint density at radius 2 is 2.04 bits per heavy atom. The third-order valence-electron chi connectivity index (χ3n) is 4.55. The highest BCUT2D eigenvalue weighted by Crippen LogP contribution is 2.23. The fourth-order valence-electron chi connectivity index (χ4n) is 3.12. The van der Waals surface area contributed by atoms with Crippen molar-refractivity contribution >= 4 is 11.9 Å². The maximum absolute atomic E-state index is 12.3. The molecule has 6 heteroatoms. The van der Waals surface area contributed by atoms with Crippen LogP contribution in [0, 0.1) is 0 Å². The molecule has 0 radical (unpaired) electrons. The quantitative estimate of drug-likeness (QED) is 0.716. The molecule has 1 amide bonds. The fraction of sp³-hybridized carbons (Fsp3) is 0.579. The van der Waals surface area contributed by atoms with Crippen LogP contribution in [-0.2, 0) is 16.0 Å². The van der Waals surface area contributed by atoms with E-state index in [1.165, 1.54) is 26.0 Å². The van der Waals surface area contributed by atoms with Crippen molar-refractivity contribution in [1.29, 1.82) is 0 Å². The van der Waals surface area contributed by atoms with Crippen molar-refractivity contribution in [3.8, 4) is 5.75 Å². The Kier molecular flexibility index (Phi) is 7.25. The molecule has 0 aliphatic heterocycles. The summed E-state index contributed by atoms with van der Waals surface area (Å²) in [6, 6.07) is 4.76. The first-order valence-corrected chi connectivity index (χ1v) is 8.88. The van der Waals surface area contributed by atoms with Crippen LogP contribution in [-0.4, -0.2) is 42.8 Å². The Balaban J connectivity index is 1.86. The topological polar surface area (TPSA) is 84.9 Å². The second-order valence-corrected chi connectivity index (χ2v) is 6.31. The van der Waals surface area contributed by atoms with Crippen LogP contribution < -0.4 is 10.1 Å². The summed E-state index contributed by atoms with van der Waals surface area (Å²) in [5.74, 6) is -0.563. The summed E-state index contributed by atoms with van der Waals surface area (Å²) >= 11 is 0. The monoisotopic (exact) mass is 349 g/mol. The van der Waals surface area contributed by atoms with Crippen LogP contribution in [0.1, 0.15) is 54.9 Å². The molecular formula is C19H27NO5. The fourth-order valence-corrected chi connectivity index (χ4v) is 3.12. The SMILES string of the molecule is CCC(OC1CCCC1)C(=O)NCCc1ccc(C(=O)O)cc1OC. The predicted molar refractivity (Wildman–Crippen MR) is 94.1 cm³/mol. The van der Waals surface area contributed by atoms with Gasteiger partial charge in [0.15, 0.2) is 0 Å². The third-order valence-corrected chi connectivity index (χ3v) is 4.55. The molecule has 138 valence electrons. The van der Waals surface area contributed by atoms with E-state index in [1.54, 1.807) is 12.1 Å². The van der Waals surface area contributed by atoms with E-state index < -0.39 is 12.1 Å². The van der Waals surface area contributed by atoms with Gasteiger partial charge in [-0.15, -0.1) is 0 Å². The van der Waals surface area contributed by atoms with Crippen LogP contribution >= 0.6 is 0 Å². The van der Waals surface area contributed by atoms with Crippen molar-refractivity contribution in [3.63, 3.8) is 0 Å². The Labute approximate surface area is 148 Å². The number of hydrogen-bond donors (Lipinski definition) is 2. The second kappa shape index (κ2) is 9.42. The maximum Gasteiger partial charge on any atom is 0.335 e. The van der Waals surface area contributed by atoms with Gasteiger partial charge in [-0.1, -0.05) is 25.8 Å². The Hall–Kier alpha value is -2.08. The number of carbonyl (C=O) groups excluding carboxylic acids is 1. The molecule has 1 aliphatic rings. The molecule has 0 spiro atoms. The van der Waals surface area contributed by atoms with Gasteiger partial charge in [0.05, 0.1) is 18.8 Å². The number of carboxylic acid groups (broad SMARTS) is 1. The number of aromatic carboxylic acids is 1. The van der Waals surface area contributed by atoms with E-state index in [1.807, 2.05) is 6.92 Å². The van der Waals surface area contributed by atoms with Crippen molar-refractivity contribution < 1.29 is 24.2 Å². The summed E-state index contributed by atoms with van der Waals surface area (Å²) in [6.45, 7) is 2.40. The zero-order valence-electron chi connectivity index (χ0n) is 14.9. The molecule has 1 saturated carbocycles.